The van der Waals surface area contributed by atoms with Gasteiger partial charge in [0.25, 0.3) is 0 Å². The fourth-order valence-electron chi connectivity index (χ4n) is 1.79. The van der Waals surface area contributed by atoms with Crippen molar-refractivity contribution >= 4 is 0 Å². The number of hydrogen-bond donors (Lipinski definition) is 1. The maximum Gasteiger partial charge on any atom is 0.166 e. The maximum atomic E-state index is 9.30. The number of aliphatic hydroxyl groups is 1. The number of hydrogen-bond acceptors (Lipinski definition) is 4. The van der Waals surface area contributed by atoms with E-state index in [1.54, 1.807) is 21.3 Å². The van der Waals surface area contributed by atoms with Crippen LogP contribution in [0.15, 0.2) is 6.07 Å². The summed E-state index contributed by atoms with van der Waals surface area (Å²) in [7, 11) is 4.78. The fraction of sp³-hybridized carbons (Fsp3) is 0.500. The molecule has 0 bridgehead atoms. The van der Waals surface area contributed by atoms with Crippen LogP contribution in [0.3, 0.4) is 0 Å². The first kappa shape index (κ1) is 12.8. The topological polar surface area (TPSA) is 47.9 Å². The molecule has 0 aliphatic rings. The molecular formula is C12H18O4. The number of aliphatic hydroxyl groups excluding tert-OH is 1. The number of methoxy groups -OCH3 is 3. The van der Waals surface area contributed by atoms with Crippen LogP contribution < -0.4 is 9.47 Å². The van der Waals surface area contributed by atoms with E-state index in [2.05, 4.69) is 0 Å². The third-order valence-electron chi connectivity index (χ3n) is 2.48. The van der Waals surface area contributed by atoms with Crippen molar-refractivity contribution in [2.75, 3.05) is 21.3 Å². The summed E-state index contributed by atoms with van der Waals surface area (Å²) in [6.45, 7) is 2.26. The van der Waals surface area contributed by atoms with E-state index in [9.17, 15) is 5.11 Å². The van der Waals surface area contributed by atoms with Crippen LogP contribution in [0.5, 0.6) is 11.5 Å². The van der Waals surface area contributed by atoms with Gasteiger partial charge < -0.3 is 19.3 Å². The second-order valence-corrected chi connectivity index (χ2v) is 3.49. The van der Waals surface area contributed by atoms with Crippen LogP contribution in [0, 0.1) is 6.92 Å². The molecule has 0 aliphatic heterocycles. The summed E-state index contributed by atoms with van der Waals surface area (Å²) < 4.78 is 15.7. The summed E-state index contributed by atoms with van der Waals surface area (Å²) in [6.07, 6.45) is 0. The van der Waals surface area contributed by atoms with Gasteiger partial charge in [0.15, 0.2) is 11.5 Å². The Hall–Kier alpha value is -1.26. The Morgan fingerprint density at radius 1 is 1.12 bits per heavy atom. The van der Waals surface area contributed by atoms with E-state index in [4.69, 9.17) is 14.2 Å². The molecule has 16 heavy (non-hydrogen) atoms. The lowest BCUT2D eigenvalue weighted by Gasteiger charge is -2.17. The van der Waals surface area contributed by atoms with Crippen molar-refractivity contribution in [2.45, 2.75) is 20.1 Å². The minimum Gasteiger partial charge on any atom is -0.493 e. The number of benzene rings is 1. The summed E-state index contributed by atoms with van der Waals surface area (Å²) >= 11 is 0. The fourth-order valence-corrected chi connectivity index (χ4v) is 1.79. The average Bonchev–Trinajstić information content (AvgIpc) is 2.30. The molecule has 0 saturated heterocycles. The highest BCUT2D eigenvalue weighted by Crippen LogP contribution is 2.37. The molecular weight excluding hydrogens is 208 g/mol. The van der Waals surface area contributed by atoms with Crippen molar-refractivity contribution in [3.63, 3.8) is 0 Å². The van der Waals surface area contributed by atoms with Gasteiger partial charge in [-0.3, -0.25) is 0 Å². The van der Waals surface area contributed by atoms with E-state index in [1.165, 1.54) is 0 Å². The SMILES string of the molecule is COCc1c(CO)cc(C)c(OC)c1OC. The van der Waals surface area contributed by atoms with Crippen LogP contribution in [-0.4, -0.2) is 26.4 Å². The predicted octanol–water partition coefficient (Wildman–Crippen LogP) is 1.65. The van der Waals surface area contributed by atoms with Crippen molar-refractivity contribution in [2.24, 2.45) is 0 Å². The Morgan fingerprint density at radius 3 is 2.19 bits per heavy atom. The molecule has 0 heterocycles. The van der Waals surface area contributed by atoms with Gasteiger partial charge in [-0.2, -0.15) is 0 Å². The molecule has 0 radical (unpaired) electrons. The molecule has 0 unspecified atom stereocenters. The summed E-state index contributed by atoms with van der Waals surface area (Å²) in [6, 6.07) is 1.88. The molecule has 0 atom stereocenters. The third kappa shape index (κ3) is 2.28. The largest absolute Gasteiger partial charge is 0.493 e. The van der Waals surface area contributed by atoms with Gasteiger partial charge in [0.1, 0.15) is 0 Å². The third-order valence-corrected chi connectivity index (χ3v) is 2.48. The molecule has 1 aromatic rings. The summed E-state index contributed by atoms with van der Waals surface area (Å²) in [4.78, 5) is 0. The average molecular weight is 226 g/mol. The van der Waals surface area contributed by atoms with Gasteiger partial charge in [0.2, 0.25) is 0 Å². The van der Waals surface area contributed by atoms with Crippen LogP contribution in [-0.2, 0) is 18.0 Å². The van der Waals surface area contributed by atoms with Gasteiger partial charge in [-0.1, -0.05) is 0 Å². The smallest absolute Gasteiger partial charge is 0.166 e. The van der Waals surface area contributed by atoms with Gasteiger partial charge in [0, 0.05) is 12.7 Å². The van der Waals surface area contributed by atoms with Gasteiger partial charge in [-0.25, -0.2) is 0 Å². The predicted molar refractivity (Wildman–Crippen MR) is 60.9 cm³/mol. The van der Waals surface area contributed by atoms with E-state index < -0.39 is 0 Å². The van der Waals surface area contributed by atoms with Gasteiger partial charge in [-0.15, -0.1) is 0 Å². The highest BCUT2D eigenvalue weighted by Gasteiger charge is 2.17. The van der Waals surface area contributed by atoms with Crippen LogP contribution in [0.4, 0.5) is 0 Å². The maximum absolute atomic E-state index is 9.30. The quantitative estimate of drug-likeness (QED) is 0.829. The van der Waals surface area contributed by atoms with Crippen molar-refractivity contribution in [1.29, 1.82) is 0 Å². The molecule has 0 amide bonds. The van der Waals surface area contributed by atoms with Crippen LogP contribution in [0.1, 0.15) is 16.7 Å². The Morgan fingerprint density at radius 2 is 1.75 bits per heavy atom. The zero-order valence-corrected chi connectivity index (χ0v) is 10.2. The van der Waals surface area contributed by atoms with E-state index in [0.29, 0.717) is 18.1 Å². The first-order valence-electron chi connectivity index (χ1n) is 5.02. The van der Waals surface area contributed by atoms with Crippen molar-refractivity contribution in [3.8, 4) is 11.5 Å². The van der Waals surface area contributed by atoms with Crippen molar-refractivity contribution in [1.82, 2.24) is 0 Å². The summed E-state index contributed by atoms with van der Waals surface area (Å²) in [5, 5.41) is 9.30. The number of ether oxygens (including phenoxy) is 3. The second kappa shape index (κ2) is 5.72. The lowest BCUT2D eigenvalue weighted by Crippen LogP contribution is -2.04. The molecule has 4 nitrogen and oxygen atoms in total. The monoisotopic (exact) mass is 226 g/mol. The Labute approximate surface area is 95.8 Å². The minimum absolute atomic E-state index is 0.0418. The van der Waals surface area contributed by atoms with Crippen molar-refractivity contribution < 1.29 is 19.3 Å². The highest BCUT2D eigenvalue weighted by atomic mass is 16.5. The molecule has 4 heteroatoms. The Kier molecular flexibility index (Phi) is 4.58. The molecule has 1 N–H and O–H groups in total. The Bertz CT molecular complexity index is 361. The van der Waals surface area contributed by atoms with E-state index in [1.807, 2.05) is 13.0 Å². The lowest BCUT2D eigenvalue weighted by molar-refractivity contribution is 0.177. The van der Waals surface area contributed by atoms with E-state index in [-0.39, 0.29) is 6.61 Å². The molecule has 0 spiro atoms. The Balaban J connectivity index is 3.39. The lowest BCUT2D eigenvalue weighted by atomic mass is 10.0. The van der Waals surface area contributed by atoms with Gasteiger partial charge >= 0.3 is 0 Å². The van der Waals surface area contributed by atoms with E-state index >= 15 is 0 Å². The van der Waals surface area contributed by atoms with E-state index in [0.717, 1.165) is 16.7 Å². The highest BCUT2D eigenvalue weighted by molar-refractivity contribution is 5.55. The zero-order chi connectivity index (χ0) is 12.1. The first-order valence-corrected chi connectivity index (χ1v) is 5.02. The molecule has 0 saturated carbocycles. The van der Waals surface area contributed by atoms with Gasteiger partial charge in [0.05, 0.1) is 27.4 Å². The number of aryl methyl sites for hydroxylation is 1. The summed E-state index contributed by atoms with van der Waals surface area (Å²) in [5.41, 5.74) is 2.57. The normalized spacial score (nSPS) is 10.3. The zero-order valence-electron chi connectivity index (χ0n) is 10.2. The van der Waals surface area contributed by atoms with Crippen LogP contribution >= 0.6 is 0 Å². The van der Waals surface area contributed by atoms with Crippen LogP contribution in [0.2, 0.25) is 0 Å². The van der Waals surface area contributed by atoms with Crippen molar-refractivity contribution in [3.05, 3.63) is 22.8 Å². The van der Waals surface area contributed by atoms with Gasteiger partial charge in [-0.05, 0) is 24.1 Å². The van der Waals surface area contributed by atoms with Crippen LogP contribution in [0.25, 0.3) is 0 Å². The summed E-state index contributed by atoms with van der Waals surface area (Å²) in [5.74, 6) is 1.32. The first-order chi connectivity index (χ1) is 7.69. The number of rotatable bonds is 5. The standard InChI is InChI=1S/C12H18O4/c1-8-5-9(6-13)10(7-14-2)12(16-4)11(8)15-3/h5,13H,6-7H2,1-4H3. The molecule has 90 valence electrons. The minimum atomic E-state index is -0.0418. The molecule has 1 rings (SSSR count). The molecule has 0 aliphatic carbocycles. The second-order valence-electron chi connectivity index (χ2n) is 3.49. The molecule has 0 aromatic heterocycles. The molecule has 1 aromatic carbocycles. The molecule has 0 fully saturated rings.